The second-order valence-corrected chi connectivity index (χ2v) is 9.40. The fraction of sp³-hybridized carbons (Fsp3) is 0.312. The van der Waals surface area contributed by atoms with Crippen molar-refractivity contribution in [2.75, 3.05) is 0 Å². The summed E-state index contributed by atoms with van der Waals surface area (Å²) in [7, 11) is -3.68. The summed E-state index contributed by atoms with van der Waals surface area (Å²) in [6.45, 7) is 2.13. The van der Waals surface area contributed by atoms with Crippen LogP contribution in [0.15, 0.2) is 55.8 Å². The third kappa shape index (κ3) is 3.41. The Labute approximate surface area is 148 Å². The maximum Gasteiger partial charge on any atom is 0.241 e. The minimum Gasteiger partial charge on any atom is -0.207 e. The van der Waals surface area contributed by atoms with Crippen molar-refractivity contribution in [1.29, 1.82) is 5.26 Å². The molecule has 7 heteroatoms. The minimum absolute atomic E-state index is 0.187. The van der Waals surface area contributed by atoms with E-state index in [2.05, 4.69) is 39.7 Å². The van der Waals surface area contributed by atoms with E-state index < -0.39 is 15.4 Å². The molecule has 0 saturated carbocycles. The summed E-state index contributed by atoms with van der Waals surface area (Å²) >= 11 is 4.70. The van der Waals surface area contributed by atoms with Crippen molar-refractivity contribution in [3.8, 4) is 6.07 Å². The fourth-order valence-electron chi connectivity index (χ4n) is 2.71. The molecule has 2 unspecified atom stereocenters. The first-order chi connectivity index (χ1) is 10.9. The van der Waals surface area contributed by atoms with Gasteiger partial charge in [0.05, 0.1) is 16.5 Å². The first kappa shape index (κ1) is 16.8. The van der Waals surface area contributed by atoms with Gasteiger partial charge in [0, 0.05) is 9.38 Å². The zero-order valence-corrected chi connectivity index (χ0v) is 15.6. The number of halogens is 1. The molecule has 3 rings (SSSR count). The van der Waals surface area contributed by atoms with Gasteiger partial charge in [0.1, 0.15) is 5.37 Å². The molecule has 0 fully saturated rings. The smallest absolute Gasteiger partial charge is 0.207 e. The summed E-state index contributed by atoms with van der Waals surface area (Å²) < 4.78 is 28.5. The molecule has 2 atom stereocenters. The zero-order valence-electron chi connectivity index (χ0n) is 12.4. The van der Waals surface area contributed by atoms with E-state index in [0.29, 0.717) is 16.0 Å². The number of hydrogen-bond acceptors (Lipinski definition) is 4. The maximum absolute atomic E-state index is 12.6. The third-order valence-electron chi connectivity index (χ3n) is 3.90. The molecule has 2 aliphatic rings. The molecule has 1 aromatic rings. The maximum atomic E-state index is 12.6. The molecule has 0 saturated heterocycles. The van der Waals surface area contributed by atoms with Gasteiger partial charge in [-0.2, -0.15) is 9.98 Å². The average molecular weight is 411 g/mol. The van der Waals surface area contributed by atoms with Crippen LogP contribution in [0.3, 0.4) is 0 Å². The normalized spacial score (nSPS) is 24.1. The Kier molecular flexibility index (Phi) is 4.70. The number of sulfonamides is 1. The summed E-state index contributed by atoms with van der Waals surface area (Å²) in [4.78, 5) is 1.23. The van der Waals surface area contributed by atoms with E-state index in [0.717, 1.165) is 23.3 Å². The highest BCUT2D eigenvalue weighted by molar-refractivity contribution is 9.10. The third-order valence-corrected chi connectivity index (χ3v) is 7.19. The molecule has 0 bridgehead atoms. The van der Waals surface area contributed by atoms with Crippen LogP contribution in [0.1, 0.15) is 19.8 Å². The van der Waals surface area contributed by atoms with Crippen molar-refractivity contribution in [2.24, 2.45) is 5.92 Å². The Morgan fingerprint density at radius 2 is 2.22 bits per heavy atom. The average Bonchev–Trinajstić information content (AvgIpc) is 2.82. The molecule has 23 heavy (non-hydrogen) atoms. The lowest BCUT2D eigenvalue weighted by molar-refractivity contribution is 0.582. The monoisotopic (exact) mass is 410 g/mol. The Hall–Kier alpha value is -1.07. The van der Waals surface area contributed by atoms with Gasteiger partial charge >= 0.3 is 0 Å². The predicted octanol–water partition coefficient (Wildman–Crippen LogP) is 3.93. The van der Waals surface area contributed by atoms with Gasteiger partial charge in [0.15, 0.2) is 0 Å². The van der Waals surface area contributed by atoms with E-state index in [9.17, 15) is 13.7 Å². The van der Waals surface area contributed by atoms with Crippen LogP contribution in [-0.2, 0) is 10.0 Å². The van der Waals surface area contributed by atoms with E-state index in [4.69, 9.17) is 0 Å². The van der Waals surface area contributed by atoms with E-state index >= 15 is 0 Å². The van der Waals surface area contributed by atoms with Crippen molar-refractivity contribution in [1.82, 2.24) is 4.72 Å². The molecule has 1 aliphatic carbocycles. The molecule has 0 radical (unpaired) electrons. The van der Waals surface area contributed by atoms with Crippen LogP contribution >= 0.6 is 27.7 Å². The molecule has 1 aliphatic heterocycles. The van der Waals surface area contributed by atoms with Crippen molar-refractivity contribution in [3.05, 3.63) is 50.9 Å². The molecule has 4 nitrogen and oxygen atoms in total. The summed E-state index contributed by atoms with van der Waals surface area (Å²) in [5.74, 6) is 0.460. The second kappa shape index (κ2) is 6.44. The van der Waals surface area contributed by atoms with Crippen LogP contribution in [0.5, 0.6) is 0 Å². The number of thioether (sulfide) groups is 1. The lowest BCUT2D eigenvalue weighted by Gasteiger charge is -2.16. The fourth-order valence-corrected chi connectivity index (χ4v) is 6.14. The van der Waals surface area contributed by atoms with Crippen molar-refractivity contribution < 1.29 is 8.42 Å². The van der Waals surface area contributed by atoms with Gasteiger partial charge in [-0.15, -0.1) is 11.8 Å². The van der Waals surface area contributed by atoms with Crippen LogP contribution in [-0.4, -0.2) is 13.8 Å². The SMILES string of the molecule is CC1C=C2SC(NS(=O)(=O)c3cccc(Br)c3)C(C#N)=C2CC1. The molecule has 120 valence electrons. The molecule has 1 aromatic carbocycles. The molecular formula is C16H15BrN2O2S2. The van der Waals surface area contributed by atoms with Gasteiger partial charge < -0.3 is 0 Å². The van der Waals surface area contributed by atoms with Gasteiger partial charge in [-0.1, -0.05) is 35.0 Å². The number of nitrogens with one attached hydrogen (secondary N) is 1. The van der Waals surface area contributed by atoms with Gasteiger partial charge in [-0.3, -0.25) is 0 Å². The molecule has 0 amide bonds. The summed E-state index contributed by atoms with van der Waals surface area (Å²) in [6, 6.07) is 8.73. The molecule has 0 aromatic heterocycles. The standard InChI is InChI=1S/C16H15BrN2O2S2/c1-10-5-6-13-14(9-18)16(22-15(13)7-10)19-23(20,21)12-4-2-3-11(17)8-12/h2-4,7-8,10,16,19H,5-6H2,1H3. The molecule has 0 spiro atoms. The van der Waals surface area contributed by atoms with Gasteiger partial charge in [-0.25, -0.2) is 8.42 Å². The topological polar surface area (TPSA) is 70.0 Å². The first-order valence-electron chi connectivity index (χ1n) is 7.20. The van der Waals surface area contributed by atoms with Gasteiger partial charge in [0.2, 0.25) is 10.0 Å². The molecular weight excluding hydrogens is 396 g/mol. The Morgan fingerprint density at radius 1 is 1.43 bits per heavy atom. The lowest BCUT2D eigenvalue weighted by atomic mass is 9.91. The number of hydrogen-bond donors (Lipinski definition) is 1. The number of benzene rings is 1. The first-order valence-corrected chi connectivity index (χ1v) is 10.4. The number of allylic oxidation sites excluding steroid dienone is 2. The summed E-state index contributed by atoms with van der Waals surface area (Å²) in [5, 5.41) is 8.92. The molecule has 1 N–H and O–H groups in total. The van der Waals surface area contributed by atoms with Crippen LogP contribution in [0.25, 0.3) is 0 Å². The van der Waals surface area contributed by atoms with E-state index in [-0.39, 0.29) is 4.90 Å². The van der Waals surface area contributed by atoms with Crippen LogP contribution in [0.4, 0.5) is 0 Å². The van der Waals surface area contributed by atoms with Gasteiger partial charge in [-0.05, 0) is 42.5 Å². The summed E-state index contributed by atoms with van der Waals surface area (Å²) in [6.07, 6.45) is 3.96. The van der Waals surface area contributed by atoms with Crippen molar-refractivity contribution in [3.63, 3.8) is 0 Å². The Balaban J connectivity index is 1.91. The summed E-state index contributed by atoms with van der Waals surface area (Å²) in [5.41, 5.74) is 1.53. The van der Waals surface area contributed by atoms with E-state index in [1.807, 2.05) is 0 Å². The molecule has 1 heterocycles. The lowest BCUT2D eigenvalue weighted by Crippen LogP contribution is -2.32. The zero-order chi connectivity index (χ0) is 16.6. The van der Waals surface area contributed by atoms with E-state index in [1.54, 1.807) is 24.3 Å². The highest BCUT2D eigenvalue weighted by Crippen LogP contribution is 2.46. The Bertz CT molecular complexity index is 853. The van der Waals surface area contributed by atoms with Crippen molar-refractivity contribution in [2.45, 2.75) is 30.0 Å². The van der Waals surface area contributed by atoms with E-state index in [1.165, 1.54) is 11.8 Å². The minimum atomic E-state index is -3.68. The largest absolute Gasteiger partial charge is 0.241 e. The number of nitrogens with zero attached hydrogens (tertiary/aromatic N) is 1. The van der Waals surface area contributed by atoms with Gasteiger partial charge in [0.25, 0.3) is 0 Å². The quantitative estimate of drug-likeness (QED) is 0.818. The number of fused-ring (bicyclic) bond motifs is 1. The Morgan fingerprint density at radius 3 is 2.91 bits per heavy atom. The predicted molar refractivity (Wildman–Crippen MR) is 95.0 cm³/mol. The second-order valence-electron chi connectivity index (χ2n) is 5.63. The highest BCUT2D eigenvalue weighted by Gasteiger charge is 2.35. The van der Waals surface area contributed by atoms with Crippen LogP contribution in [0.2, 0.25) is 0 Å². The highest BCUT2D eigenvalue weighted by atomic mass is 79.9. The van der Waals surface area contributed by atoms with Crippen LogP contribution in [0, 0.1) is 17.2 Å². The van der Waals surface area contributed by atoms with Crippen LogP contribution < -0.4 is 4.72 Å². The number of rotatable bonds is 3. The van der Waals surface area contributed by atoms with Crippen molar-refractivity contribution >= 4 is 37.7 Å². The number of nitriles is 1.